The Bertz CT molecular complexity index is 1090. The summed E-state index contributed by atoms with van der Waals surface area (Å²) in [4.78, 5) is 56.5. The van der Waals surface area contributed by atoms with Crippen LogP contribution < -0.4 is 4.74 Å². The zero-order valence-corrected chi connectivity index (χ0v) is 19.6. The largest absolute Gasteiger partial charge is 0.491 e. The molecule has 1 aliphatic carbocycles. The molecule has 0 aromatic heterocycles. The molecule has 3 aliphatic rings. The molecule has 184 valence electrons. The smallest absolute Gasteiger partial charge is 0.328 e. The van der Waals surface area contributed by atoms with Crippen molar-refractivity contribution in [1.29, 1.82) is 5.26 Å². The minimum atomic E-state index is -1.00. The van der Waals surface area contributed by atoms with Gasteiger partial charge in [-0.05, 0) is 50.0 Å². The molecule has 1 spiro atoms. The quantitative estimate of drug-likeness (QED) is 0.419. The van der Waals surface area contributed by atoms with Gasteiger partial charge in [-0.2, -0.15) is 5.26 Å². The van der Waals surface area contributed by atoms with Crippen molar-refractivity contribution in [2.45, 2.75) is 43.3 Å². The molecule has 4 rings (SSSR count). The second-order valence-electron chi connectivity index (χ2n) is 8.90. The number of likely N-dealkylation sites (tertiary alicyclic amines) is 1. The van der Waals surface area contributed by atoms with E-state index >= 15 is 0 Å². The first-order valence-corrected chi connectivity index (χ1v) is 11.6. The van der Waals surface area contributed by atoms with Gasteiger partial charge in [-0.3, -0.25) is 14.4 Å². The fourth-order valence-corrected chi connectivity index (χ4v) is 4.97. The number of carbonyl (C=O) groups is 4. The summed E-state index contributed by atoms with van der Waals surface area (Å²) in [5.41, 5.74) is -0.560. The first-order chi connectivity index (χ1) is 16.9. The summed E-state index contributed by atoms with van der Waals surface area (Å²) >= 11 is 0. The average molecular weight is 481 g/mol. The topological polar surface area (TPSA) is 120 Å². The highest BCUT2D eigenvalue weighted by molar-refractivity contribution is 6.00. The lowest BCUT2D eigenvalue weighted by Crippen LogP contribution is -2.66. The number of hydrogen-bond acceptors (Lipinski definition) is 7. The fourth-order valence-electron chi connectivity index (χ4n) is 4.97. The summed E-state index contributed by atoms with van der Waals surface area (Å²) < 4.78 is 10.8. The lowest BCUT2D eigenvalue weighted by molar-refractivity contribution is -0.161. The number of piperazine rings is 1. The van der Waals surface area contributed by atoms with Gasteiger partial charge in [0.1, 0.15) is 30.0 Å². The number of methoxy groups -OCH3 is 1. The van der Waals surface area contributed by atoms with Crippen molar-refractivity contribution >= 4 is 23.7 Å². The van der Waals surface area contributed by atoms with Gasteiger partial charge in [0.2, 0.25) is 17.7 Å². The zero-order valence-electron chi connectivity index (χ0n) is 19.6. The Morgan fingerprint density at radius 1 is 1.29 bits per heavy atom. The van der Waals surface area contributed by atoms with Gasteiger partial charge in [0.15, 0.2) is 0 Å². The predicted octanol–water partition coefficient (Wildman–Crippen LogP) is 0.859. The molecule has 2 heterocycles. The van der Waals surface area contributed by atoms with Crippen LogP contribution in [0, 0.1) is 11.3 Å². The van der Waals surface area contributed by atoms with Crippen molar-refractivity contribution in [3.8, 4) is 11.8 Å². The van der Waals surface area contributed by atoms with Crippen LogP contribution in [0.15, 0.2) is 36.9 Å². The van der Waals surface area contributed by atoms with Crippen LogP contribution in [0.2, 0.25) is 0 Å². The Kier molecular flexibility index (Phi) is 6.78. The number of carbonyl (C=O) groups excluding carboxylic acids is 4. The third-order valence-electron chi connectivity index (χ3n) is 6.95. The summed E-state index contributed by atoms with van der Waals surface area (Å²) in [7, 11) is 1.28. The van der Waals surface area contributed by atoms with Gasteiger partial charge in [0.25, 0.3) is 0 Å². The molecule has 0 bridgehead atoms. The van der Waals surface area contributed by atoms with Crippen LogP contribution in [0.5, 0.6) is 5.75 Å². The Morgan fingerprint density at radius 2 is 2.06 bits per heavy atom. The third kappa shape index (κ3) is 4.46. The van der Waals surface area contributed by atoms with Crippen LogP contribution >= 0.6 is 0 Å². The van der Waals surface area contributed by atoms with E-state index in [4.69, 9.17) is 14.7 Å². The Hall–Kier alpha value is -3.87. The molecule has 0 radical (unpaired) electrons. The molecule has 35 heavy (non-hydrogen) atoms. The van der Waals surface area contributed by atoms with Gasteiger partial charge in [-0.15, -0.1) is 0 Å². The second kappa shape index (κ2) is 9.78. The summed E-state index contributed by atoms with van der Waals surface area (Å²) in [6.45, 7) is 4.16. The molecule has 2 aliphatic heterocycles. The number of nitrogens with zero attached hydrogens (tertiary/aromatic N) is 4. The van der Waals surface area contributed by atoms with Crippen molar-refractivity contribution in [2.24, 2.45) is 0 Å². The van der Waals surface area contributed by atoms with Crippen molar-refractivity contribution in [1.82, 2.24) is 14.7 Å². The lowest BCUT2D eigenvalue weighted by Gasteiger charge is -2.44. The van der Waals surface area contributed by atoms with Gasteiger partial charge < -0.3 is 24.2 Å². The van der Waals surface area contributed by atoms with Crippen molar-refractivity contribution in [3.63, 3.8) is 0 Å². The molecular weight excluding hydrogens is 452 g/mol. The van der Waals surface area contributed by atoms with E-state index < -0.39 is 29.5 Å². The van der Waals surface area contributed by atoms with E-state index in [2.05, 4.69) is 6.58 Å². The highest BCUT2D eigenvalue weighted by atomic mass is 16.5. The molecule has 10 nitrogen and oxygen atoms in total. The van der Waals surface area contributed by atoms with Gasteiger partial charge >= 0.3 is 5.97 Å². The highest BCUT2D eigenvalue weighted by Gasteiger charge is 2.61. The van der Waals surface area contributed by atoms with Crippen LogP contribution in [-0.2, 0) is 23.9 Å². The number of amides is 3. The maximum atomic E-state index is 13.8. The Labute approximate surface area is 203 Å². The number of rotatable bonds is 7. The molecule has 1 aromatic rings. The van der Waals surface area contributed by atoms with Gasteiger partial charge in [-0.1, -0.05) is 12.6 Å². The SMILES string of the molecule is C=CC(=O)N1CCN([C@@H](COc2cccc(C#N)c2)C(=O)N2CCC[C@H]2C(=O)OC)C(=O)C12CC2. The number of ether oxygens (including phenoxy) is 2. The van der Waals surface area contributed by atoms with Gasteiger partial charge in [-0.25, -0.2) is 4.79 Å². The monoisotopic (exact) mass is 480 g/mol. The maximum Gasteiger partial charge on any atom is 0.328 e. The van der Waals surface area contributed by atoms with E-state index in [1.807, 2.05) is 6.07 Å². The van der Waals surface area contributed by atoms with Crippen molar-refractivity contribution < 1.29 is 28.7 Å². The molecule has 2 atom stereocenters. The molecule has 10 heteroatoms. The molecule has 0 unspecified atom stereocenters. The highest BCUT2D eigenvalue weighted by Crippen LogP contribution is 2.46. The van der Waals surface area contributed by atoms with E-state index in [-0.39, 0.29) is 31.5 Å². The number of benzene rings is 1. The summed E-state index contributed by atoms with van der Waals surface area (Å²) in [5, 5.41) is 9.17. The van der Waals surface area contributed by atoms with Crippen LogP contribution in [0.1, 0.15) is 31.2 Å². The first-order valence-electron chi connectivity index (χ1n) is 11.6. The van der Waals surface area contributed by atoms with E-state index in [1.165, 1.54) is 27.9 Å². The van der Waals surface area contributed by atoms with Crippen molar-refractivity contribution in [2.75, 3.05) is 33.4 Å². The Balaban J connectivity index is 1.61. The predicted molar refractivity (Wildman–Crippen MR) is 123 cm³/mol. The zero-order chi connectivity index (χ0) is 25.2. The molecule has 1 aromatic carbocycles. The van der Waals surface area contributed by atoms with Crippen LogP contribution in [0.3, 0.4) is 0 Å². The standard InChI is InChI=1S/C25H28N4O6/c1-3-21(30)29-13-12-28(24(33)25(29)9-10-25)20(16-35-18-7-4-6-17(14-18)15-26)22(31)27-11-5-8-19(27)23(32)34-2/h3-4,6-7,14,19-20H,1,5,8-13,16H2,2H3/t19-,20-/m0/s1. The average Bonchev–Trinajstić information content (AvgIpc) is 3.51. The lowest BCUT2D eigenvalue weighted by atomic mass is 10.0. The third-order valence-corrected chi connectivity index (χ3v) is 6.95. The molecule has 3 fully saturated rings. The van der Waals surface area contributed by atoms with E-state index in [1.54, 1.807) is 24.3 Å². The summed E-state index contributed by atoms with van der Waals surface area (Å²) in [5.74, 6) is -1.12. The first kappa shape index (κ1) is 24.3. The molecule has 3 amide bonds. The minimum absolute atomic E-state index is 0.148. The molecule has 1 saturated carbocycles. The minimum Gasteiger partial charge on any atom is -0.491 e. The number of esters is 1. The maximum absolute atomic E-state index is 13.8. The van der Waals surface area contributed by atoms with E-state index in [0.717, 1.165) is 0 Å². The summed E-state index contributed by atoms with van der Waals surface area (Å²) in [6.07, 6.45) is 3.35. The van der Waals surface area contributed by atoms with E-state index in [9.17, 15) is 19.2 Å². The number of nitriles is 1. The molecule has 0 N–H and O–H groups in total. The van der Waals surface area contributed by atoms with Gasteiger partial charge in [0.05, 0.1) is 18.7 Å². The number of hydrogen-bond donors (Lipinski definition) is 0. The Morgan fingerprint density at radius 3 is 2.71 bits per heavy atom. The van der Waals surface area contributed by atoms with Crippen molar-refractivity contribution in [3.05, 3.63) is 42.5 Å². The van der Waals surface area contributed by atoms with Gasteiger partial charge in [0, 0.05) is 19.6 Å². The molecule has 2 saturated heterocycles. The second-order valence-corrected chi connectivity index (χ2v) is 8.90. The molecular formula is C25H28N4O6. The van der Waals surface area contributed by atoms with E-state index in [0.29, 0.717) is 43.5 Å². The summed E-state index contributed by atoms with van der Waals surface area (Å²) in [6, 6.07) is 6.85. The van der Waals surface area contributed by atoms with Crippen LogP contribution in [-0.4, -0.2) is 89.4 Å². The normalized spacial score (nSPS) is 21.3. The van der Waals surface area contributed by atoms with Crippen LogP contribution in [0.25, 0.3) is 0 Å². The van der Waals surface area contributed by atoms with Crippen LogP contribution in [0.4, 0.5) is 0 Å². The fraction of sp³-hybridized carbons (Fsp3) is 0.480.